The molecule has 0 saturated heterocycles. The molecule has 19 heavy (non-hydrogen) atoms. The Bertz CT molecular complexity index is 567. The van der Waals surface area contributed by atoms with Gasteiger partial charge in [0.25, 0.3) is 5.91 Å². The highest BCUT2D eigenvalue weighted by atomic mass is 35.5. The molecule has 1 amide bonds. The number of fused-ring (bicyclic) bond motifs is 1. The summed E-state index contributed by atoms with van der Waals surface area (Å²) in [6, 6.07) is 9.38. The highest BCUT2D eigenvalue weighted by Crippen LogP contribution is 2.19. The van der Waals surface area contributed by atoms with E-state index in [0.717, 1.165) is 25.2 Å². The van der Waals surface area contributed by atoms with Crippen LogP contribution in [-0.4, -0.2) is 12.5 Å². The monoisotopic (exact) mass is 278 g/mol. The number of carbonyl (C=O) groups excluding carboxylic acids is 1. The fourth-order valence-electron chi connectivity index (χ4n) is 2.16. The molecule has 0 saturated carbocycles. The van der Waals surface area contributed by atoms with Crippen LogP contribution in [0.4, 0.5) is 5.69 Å². The number of carbonyl (C=O) groups is 1. The van der Waals surface area contributed by atoms with Crippen LogP contribution >= 0.6 is 12.4 Å². The minimum atomic E-state index is -0.219. The Kier molecular flexibility index (Phi) is 4.24. The highest BCUT2D eigenvalue weighted by molar-refractivity contribution is 6.02. The van der Waals surface area contributed by atoms with Crippen molar-refractivity contribution in [2.75, 3.05) is 11.9 Å². The summed E-state index contributed by atoms with van der Waals surface area (Å²) in [5.41, 5.74) is 3.40. The number of hydrogen-bond acceptors (Lipinski definition) is 3. The van der Waals surface area contributed by atoms with Gasteiger partial charge in [-0.05, 0) is 48.4 Å². The lowest BCUT2D eigenvalue weighted by molar-refractivity contribution is 0.0996. The van der Waals surface area contributed by atoms with Gasteiger partial charge in [0, 0.05) is 12.2 Å². The Labute approximate surface area is 117 Å². The van der Waals surface area contributed by atoms with E-state index in [2.05, 4.69) is 16.7 Å². The van der Waals surface area contributed by atoms with Crippen molar-refractivity contribution in [2.24, 2.45) is 0 Å². The largest absolute Gasteiger partial charge is 0.459 e. The zero-order valence-electron chi connectivity index (χ0n) is 10.3. The Hall–Kier alpha value is -1.78. The van der Waals surface area contributed by atoms with Crippen molar-refractivity contribution in [1.29, 1.82) is 0 Å². The normalized spacial score (nSPS) is 13.3. The summed E-state index contributed by atoms with van der Waals surface area (Å²) in [7, 11) is 0. The van der Waals surface area contributed by atoms with E-state index in [1.807, 2.05) is 12.1 Å². The molecule has 5 heteroatoms. The number of benzene rings is 1. The number of furan rings is 1. The van der Waals surface area contributed by atoms with Gasteiger partial charge < -0.3 is 15.1 Å². The lowest BCUT2D eigenvalue weighted by Crippen LogP contribution is -2.23. The molecule has 1 aliphatic heterocycles. The first-order valence-electron chi connectivity index (χ1n) is 6.00. The van der Waals surface area contributed by atoms with Crippen molar-refractivity contribution in [2.45, 2.75) is 13.0 Å². The van der Waals surface area contributed by atoms with Gasteiger partial charge in [-0.3, -0.25) is 4.79 Å². The number of anilines is 1. The van der Waals surface area contributed by atoms with Crippen molar-refractivity contribution >= 4 is 24.0 Å². The van der Waals surface area contributed by atoms with Crippen molar-refractivity contribution in [3.05, 3.63) is 53.5 Å². The molecular weight excluding hydrogens is 264 g/mol. The van der Waals surface area contributed by atoms with Crippen LogP contribution in [0.1, 0.15) is 21.7 Å². The zero-order chi connectivity index (χ0) is 12.4. The third kappa shape index (κ3) is 2.97. The van der Waals surface area contributed by atoms with Gasteiger partial charge in [0.2, 0.25) is 0 Å². The molecule has 1 aromatic carbocycles. The second-order valence-electron chi connectivity index (χ2n) is 4.34. The molecule has 0 aliphatic carbocycles. The average Bonchev–Trinajstić information content (AvgIpc) is 2.92. The second kappa shape index (κ2) is 5.91. The summed E-state index contributed by atoms with van der Waals surface area (Å²) in [4.78, 5) is 11.8. The van der Waals surface area contributed by atoms with E-state index in [4.69, 9.17) is 4.42 Å². The van der Waals surface area contributed by atoms with Gasteiger partial charge in [0.1, 0.15) is 0 Å². The maximum absolute atomic E-state index is 11.8. The van der Waals surface area contributed by atoms with E-state index in [0.29, 0.717) is 5.76 Å². The predicted molar refractivity (Wildman–Crippen MR) is 75.8 cm³/mol. The summed E-state index contributed by atoms with van der Waals surface area (Å²) in [6.07, 6.45) is 2.54. The lowest BCUT2D eigenvalue weighted by atomic mass is 10.0. The van der Waals surface area contributed by atoms with Crippen LogP contribution in [-0.2, 0) is 13.0 Å². The van der Waals surface area contributed by atoms with Gasteiger partial charge in [0.15, 0.2) is 5.76 Å². The van der Waals surface area contributed by atoms with Crippen LogP contribution in [0.15, 0.2) is 41.0 Å². The molecule has 2 heterocycles. The number of halogens is 1. The molecule has 0 unspecified atom stereocenters. The minimum Gasteiger partial charge on any atom is -0.459 e. The van der Waals surface area contributed by atoms with Crippen molar-refractivity contribution < 1.29 is 9.21 Å². The quantitative estimate of drug-likeness (QED) is 0.888. The molecular formula is C14H15ClN2O2. The number of amides is 1. The topological polar surface area (TPSA) is 54.3 Å². The van der Waals surface area contributed by atoms with Gasteiger partial charge in [-0.25, -0.2) is 0 Å². The Morgan fingerprint density at radius 2 is 2.16 bits per heavy atom. The maximum Gasteiger partial charge on any atom is 0.291 e. The van der Waals surface area contributed by atoms with E-state index in [-0.39, 0.29) is 18.3 Å². The smallest absolute Gasteiger partial charge is 0.291 e. The first-order valence-corrected chi connectivity index (χ1v) is 6.00. The predicted octanol–water partition coefficient (Wildman–Crippen LogP) is 2.60. The molecule has 0 radical (unpaired) electrons. The summed E-state index contributed by atoms with van der Waals surface area (Å²) >= 11 is 0. The fourth-order valence-corrected chi connectivity index (χ4v) is 2.16. The van der Waals surface area contributed by atoms with Crippen LogP contribution in [0, 0.1) is 0 Å². The van der Waals surface area contributed by atoms with Gasteiger partial charge in [-0.15, -0.1) is 12.4 Å². The van der Waals surface area contributed by atoms with E-state index in [1.165, 1.54) is 17.4 Å². The molecule has 1 aromatic heterocycles. The van der Waals surface area contributed by atoms with Crippen LogP contribution in [0.2, 0.25) is 0 Å². The molecule has 0 spiro atoms. The van der Waals surface area contributed by atoms with Crippen molar-refractivity contribution in [3.8, 4) is 0 Å². The maximum atomic E-state index is 11.8. The molecule has 3 rings (SSSR count). The summed E-state index contributed by atoms with van der Waals surface area (Å²) in [5, 5.41) is 6.15. The minimum absolute atomic E-state index is 0. The molecule has 0 fully saturated rings. The van der Waals surface area contributed by atoms with E-state index in [9.17, 15) is 4.79 Å². The lowest BCUT2D eigenvalue weighted by Gasteiger charge is -2.17. The molecule has 1 aliphatic rings. The van der Waals surface area contributed by atoms with E-state index >= 15 is 0 Å². The number of nitrogens with one attached hydrogen (secondary N) is 2. The Balaban J connectivity index is 0.00000133. The van der Waals surface area contributed by atoms with Crippen molar-refractivity contribution in [1.82, 2.24) is 5.32 Å². The fraction of sp³-hybridized carbons (Fsp3) is 0.214. The van der Waals surface area contributed by atoms with Crippen LogP contribution in [0.3, 0.4) is 0 Å². The van der Waals surface area contributed by atoms with E-state index < -0.39 is 0 Å². The molecule has 0 atom stereocenters. The third-order valence-electron chi connectivity index (χ3n) is 3.10. The first kappa shape index (κ1) is 13.6. The van der Waals surface area contributed by atoms with E-state index in [1.54, 1.807) is 12.1 Å². The number of hydrogen-bond donors (Lipinski definition) is 2. The van der Waals surface area contributed by atoms with Gasteiger partial charge in [-0.1, -0.05) is 6.07 Å². The molecule has 100 valence electrons. The highest BCUT2D eigenvalue weighted by Gasteiger charge is 2.12. The Morgan fingerprint density at radius 3 is 2.95 bits per heavy atom. The van der Waals surface area contributed by atoms with Gasteiger partial charge in [-0.2, -0.15) is 0 Å². The summed E-state index contributed by atoms with van der Waals surface area (Å²) in [5.74, 6) is 0.106. The average molecular weight is 279 g/mol. The summed E-state index contributed by atoms with van der Waals surface area (Å²) < 4.78 is 5.06. The molecule has 4 nitrogen and oxygen atoms in total. The van der Waals surface area contributed by atoms with Gasteiger partial charge >= 0.3 is 0 Å². The SMILES string of the molecule is Cl.O=C(Nc1ccc2c(c1)CNCC2)c1ccco1. The number of rotatable bonds is 2. The second-order valence-corrected chi connectivity index (χ2v) is 4.34. The standard InChI is InChI=1S/C14H14N2O2.ClH/c17-14(13-2-1-7-18-13)16-12-4-3-10-5-6-15-9-11(10)8-12;/h1-4,7-8,15H,5-6,9H2,(H,16,17);1H. The zero-order valence-corrected chi connectivity index (χ0v) is 11.1. The molecule has 2 aromatic rings. The van der Waals surface area contributed by atoms with Crippen LogP contribution < -0.4 is 10.6 Å². The van der Waals surface area contributed by atoms with Crippen LogP contribution in [0.25, 0.3) is 0 Å². The third-order valence-corrected chi connectivity index (χ3v) is 3.10. The summed E-state index contributed by atoms with van der Waals surface area (Å²) in [6.45, 7) is 1.88. The van der Waals surface area contributed by atoms with Gasteiger partial charge in [0.05, 0.1) is 6.26 Å². The molecule has 0 bridgehead atoms. The Morgan fingerprint density at radius 1 is 1.26 bits per heavy atom. The molecule has 2 N–H and O–H groups in total. The van der Waals surface area contributed by atoms with Crippen LogP contribution in [0.5, 0.6) is 0 Å². The first-order chi connectivity index (χ1) is 8.83. The van der Waals surface area contributed by atoms with Crippen molar-refractivity contribution in [3.63, 3.8) is 0 Å².